The molecule has 1 radical (unpaired) electrons. The molecule has 0 N–H and O–H groups in total. The molecular formula is C48H42F9IrN3. The number of alkyl halides is 9. The van der Waals surface area contributed by atoms with Crippen LogP contribution in [-0.2, 0) is 77.2 Å². The summed E-state index contributed by atoms with van der Waals surface area (Å²) < 4.78 is 113. The SMILES string of the molecule is FC(F)(F)c1ccc(-c2ccc3c(c2)CCCC3)nc1.FC(F)(F)c1ccc(-c2ccc3c(c2)CCCC3)nc1.FC(F)(F)c1ccc(-c2ccc3c(c2)CCCC3)nc1.[Ir]. The van der Waals surface area contributed by atoms with Crippen molar-refractivity contribution in [2.75, 3.05) is 0 Å². The number of hydrogen-bond acceptors (Lipinski definition) is 3. The van der Waals surface area contributed by atoms with E-state index in [9.17, 15) is 39.5 Å². The summed E-state index contributed by atoms with van der Waals surface area (Å²) in [5, 5.41) is 0. The molecule has 3 nitrogen and oxygen atoms in total. The first kappa shape index (κ1) is 45.7. The van der Waals surface area contributed by atoms with Gasteiger partial charge in [0.15, 0.2) is 0 Å². The molecule has 3 aliphatic rings. The first-order valence-electron chi connectivity index (χ1n) is 20.1. The molecule has 0 saturated carbocycles. The van der Waals surface area contributed by atoms with E-state index in [1.54, 1.807) is 0 Å². The minimum absolute atomic E-state index is 0. The third-order valence-electron chi connectivity index (χ3n) is 11.2. The Bertz CT molecular complexity index is 2120. The summed E-state index contributed by atoms with van der Waals surface area (Å²) >= 11 is 0. The van der Waals surface area contributed by atoms with Crippen molar-refractivity contribution >= 4 is 0 Å². The Morgan fingerprint density at radius 1 is 0.311 bits per heavy atom. The van der Waals surface area contributed by atoms with Gasteiger partial charge in [0, 0.05) is 55.4 Å². The van der Waals surface area contributed by atoms with Crippen molar-refractivity contribution in [3.05, 3.63) is 160 Å². The van der Waals surface area contributed by atoms with Crippen molar-refractivity contribution in [2.24, 2.45) is 0 Å². The van der Waals surface area contributed by atoms with Crippen LogP contribution in [0.3, 0.4) is 0 Å². The monoisotopic (exact) mass is 1020 g/mol. The predicted octanol–water partition coefficient (Wildman–Crippen LogP) is 13.9. The molecule has 3 aromatic heterocycles. The van der Waals surface area contributed by atoms with E-state index >= 15 is 0 Å². The topological polar surface area (TPSA) is 38.7 Å². The molecule has 0 saturated heterocycles. The molecule has 0 spiro atoms. The maximum atomic E-state index is 12.5. The van der Waals surface area contributed by atoms with Crippen molar-refractivity contribution in [3.8, 4) is 33.8 Å². The summed E-state index contributed by atoms with van der Waals surface area (Å²) in [6.45, 7) is 0. The zero-order valence-corrected chi connectivity index (χ0v) is 35.3. The first-order chi connectivity index (χ1) is 28.6. The summed E-state index contributed by atoms with van der Waals surface area (Å²) in [5.41, 5.74) is 10.3. The maximum absolute atomic E-state index is 12.5. The van der Waals surface area contributed by atoms with Gasteiger partial charge in [0.25, 0.3) is 0 Å². The van der Waals surface area contributed by atoms with Gasteiger partial charge in [-0.25, -0.2) is 0 Å². The van der Waals surface area contributed by atoms with Gasteiger partial charge < -0.3 is 0 Å². The Morgan fingerprint density at radius 3 is 0.770 bits per heavy atom. The molecule has 321 valence electrons. The fourth-order valence-corrected chi connectivity index (χ4v) is 7.88. The molecular weight excluding hydrogens is 982 g/mol. The zero-order valence-electron chi connectivity index (χ0n) is 33.0. The Labute approximate surface area is 362 Å². The summed E-state index contributed by atoms with van der Waals surface area (Å²) in [7, 11) is 0. The van der Waals surface area contributed by atoms with E-state index in [2.05, 4.69) is 51.4 Å². The van der Waals surface area contributed by atoms with Crippen molar-refractivity contribution in [1.82, 2.24) is 15.0 Å². The Balaban J connectivity index is 0.000000152. The zero-order chi connectivity index (χ0) is 42.5. The molecule has 0 amide bonds. The first-order valence-corrected chi connectivity index (χ1v) is 20.1. The second-order valence-electron chi connectivity index (χ2n) is 15.4. The van der Waals surface area contributed by atoms with Crippen LogP contribution < -0.4 is 0 Å². The molecule has 3 aliphatic carbocycles. The summed E-state index contributed by atoms with van der Waals surface area (Å²) in [6.07, 6.45) is 3.29. The summed E-state index contributed by atoms with van der Waals surface area (Å²) in [6, 6.07) is 25.8. The Kier molecular flexibility index (Phi) is 14.6. The average Bonchev–Trinajstić information content (AvgIpc) is 3.25. The van der Waals surface area contributed by atoms with Crippen molar-refractivity contribution in [3.63, 3.8) is 0 Å². The predicted molar refractivity (Wildman–Crippen MR) is 214 cm³/mol. The number of halogens is 9. The minimum atomic E-state index is -4.33. The van der Waals surface area contributed by atoms with Gasteiger partial charge >= 0.3 is 18.5 Å². The van der Waals surface area contributed by atoms with Crippen LogP contribution in [0.15, 0.2) is 110 Å². The van der Waals surface area contributed by atoms with Crippen LogP contribution in [-0.4, -0.2) is 15.0 Å². The third-order valence-corrected chi connectivity index (χ3v) is 11.2. The van der Waals surface area contributed by atoms with E-state index in [4.69, 9.17) is 0 Å². The molecule has 0 fully saturated rings. The molecule has 0 atom stereocenters. The van der Waals surface area contributed by atoms with Crippen LogP contribution in [0, 0.1) is 0 Å². The van der Waals surface area contributed by atoms with Gasteiger partial charge in [-0.05, 0) is 165 Å². The molecule has 3 aromatic carbocycles. The van der Waals surface area contributed by atoms with Gasteiger partial charge in [-0.2, -0.15) is 39.5 Å². The van der Waals surface area contributed by atoms with Gasteiger partial charge in [-0.3, -0.25) is 15.0 Å². The van der Waals surface area contributed by atoms with Crippen LogP contribution in [0.1, 0.15) is 88.6 Å². The number of pyridine rings is 3. The number of benzene rings is 3. The number of hydrogen-bond donors (Lipinski definition) is 0. The maximum Gasteiger partial charge on any atom is 0.417 e. The third kappa shape index (κ3) is 11.7. The van der Waals surface area contributed by atoms with E-state index in [-0.39, 0.29) is 20.1 Å². The molecule has 0 unspecified atom stereocenters. The van der Waals surface area contributed by atoms with Crippen LogP contribution in [0.25, 0.3) is 33.8 Å². The quantitative estimate of drug-likeness (QED) is 0.166. The van der Waals surface area contributed by atoms with Gasteiger partial charge in [0.1, 0.15) is 0 Å². The fourth-order valence-electron chi connectivity index (χ4n) is 7.88. The van der Waals surface area contributed by atoms with Crippen molar-refractivity contribution in [2.45, 2.75) is 95.6 Å². The van der Waals surface area contributed by atoms with Gasteiger partial charge in [0.2, 0.25) is 0 Å². The van der Waals surface area contributed by atoms with Crippen LogP contribution in [0.4, 0.5) is 39.5 Å². The molecule has 0 bridgehead atoms. The van der Waals surface area contributed by atoms with Crippen LogP contribution in [0.5, 0.6) is 0 Å². The molecule has 0 aliphatic heterocycles. The number of aromatic nitrogens is 3. The van der Waals surface area contributed by atoms with Crippen molar-refractivity contribution in [1.29, 1.82) is 0 Å². The summed E-state index contributed by atoms with van der Waals surface area (Å²) in [4.78, 5) is 11.8. The number of fused-ring (bicyclic) bond motifs is 3. The number of nitrogens with zero attached hydrogens (tertiary/aromatic N) is 3. The summed E-state index contributed by atoms with van der Waals surface area (Å²) in [5.74, 6) is 0. The Morgan fingerprint density at radius 2 is 0.557 bits per heavy atom. The molecule has 3 heterocycles. The van der Waals surface area contributed by atoms with E-state index in [1.165, 1.54) is 90.1 Å². The number of aryl methyl sites for hydroxylation is 6. The fraction of sp³-hybridized carbons (Fsp3) is 0.312. The van der Waals surface area contributed by atoms with Gasteiger partial charge in [0.05, 0.1) is 33.8 Å². The molecule has 6 aromatic rings. The second kappa shape index (κ2) is 19.5. The van der Waals surface area contributed by atoms with E-state index < -0.39 is 35.2 Å². The van der Waals surface area contributed by atoms with Crippen LogP contribution in [0.2, 0.25) is 0 Å². The molecule has 61 heavy (non-hydrogen) atoms. The minimum Gasteiger partial charge on any atom is -0.256 e. The molecule has 13 heteroatoms. The van der Waals surface area contributed by atoms with Crippen LogP contribution >= 0.6 is 0 Å². The standard InChI is InChI=1S/3C16H14F3N.Ir/c3*17-16(18,19)14-7-8-15(20-10-14)13-6-5-11-3-1-2-4-12(11)9-13;/h3*5-10H,1-4H2;. The average molecular weight is 1020 g/mol. The largest absolute Gasteiger partial charge is 0.417 e. The van der Waals surface area contributed by atoms with Gasteiger partial charge in [-0.1, -0.05) is 36.4 Å². The Hall–Kier alpha value is -4.87. The number of rotatable bonds is 3. The van der Waals surface area contributed by atoms with Gasteiger partial charge in [-0.15, -0.1) is 0 Å². The normalized spacial score (nSPS) is 14.7. The van der Waals surface area contributed by atoms with E-state index in [0.717, 1.165) is 92.0 Å². The van der Waals surface area contributed by atoms with E-state index in [0.29, 0.717) is 17.1 Å². The van der Waals surface area contributed by atoms with Crippen molar-refractivity contribution < 1.29 is 59.6 Å². The molecule has 9 rings (SSSR count). The van der Waals surface area contributed by atoms with E-state index in [1.807, 2.05) is 18.2 Å². The smallest absolute Gasteiger partial charge is 0.256 e. The second-order valence-corrected chi connectivity index (χ2v) is 15.4.